The molecule has 0 saturated carbocycles. The molecule has 0 atom stereocenters. The van der Waals surface area contributed by atoms with Crippen molar-refractivity contribution in [1.29, 1.82) is 0 Å². The minimum atomic E-state index is -3.24. The van der Waals surface area contributed by atoms with Gasteiger partial charge in [-0.3, -0.25) is 0 Å². The first kappa shape index (κ1) is 19.4. The van der Waals surface area contributed by atoms with E-state index in [2.05, 4.69) is 31.8 Å². The first-order valence-electron chi connectivity index (χ1n) is 8.06. The summed E-state index contributed by atoms with van der Waals surface area (Å²) < 4.78 is 25.4. The zero-order chi connectivity index (χ0) is 18.1. The van der Waals surface area contributed by atoms with E-state index in [1.807, 2.05) is 37.3 Å². The fourth-order valence-electron chi connectivity index (χ4n) is 2.13. The van der Waals surface area contributed by atoms with Gasteiger partial charge in [0.2, 0.25) is 10.0 Å². The lowest BCUT2D eigenvalue weighted by Crippen LogP contribution is -2.36. The molecule has 0 aliphatic carbocycles. The molecular weight excluding hydrogens is 356 g/mol. The van der Waals surface area contributed by atoms with Crippen molar-refractivity contribution in [1.82, 2.24) is 15.4 Å². The zero-order valence-corrected chi connectivity index (χ0v) is 16.1. The normalized spacial score (nSPS) is 12.2. The van der Waals surface area contributed by atoms with Gasteiger partial charge < -0.3 is 10.6 Å². The van der Waals surface area contributed by atoms with Crippen LogP contribution >= 0.6 is 11.3 Å². The zero-order valence-electron chi connectivity index (χ0n) is 14.5. The van der Waals surface area contributed by atoms with Gasteiger partial charge in [-0.1, -0.05) is 30.3 Å². The molecule has 8 heteroatoms. The predicted octanol–water partition coefficient (Wildman–Crippen LogP) is 2.05. The lowest BCUT2D eigenvalue weighted by molar-refractivity contribution is 0.587. The quantitative estimate of drug-likeness (QED) is 0.484. The number of rotatable bonds is 8. The molecule has 3 N–H and O–H groups in total. The van der Waals surface area contributed by atoms with Crippen LogP contribution < -0.4 is 15.4 Å². The fraction of sp³-hybridized carbons (Fsp3) is 0.353. The van der Waals surface area contributed by atoms with Crippen LogP contribution in [0.1, 0.15) is 22.9 Å². The molecule has 0 saturated heterocycles. The van der Waals surface area contributed by atoms with Gasteiger partial charge in [-0.05, 0) is 36.5 Å². The highest BCUT2D eigenvalue weighted by molar-refractivity contribution is 7.88. The second-order valence-corrected chi connectivity index (χ2v) is 8.37. The van der Waals surface area contributed by atoms with E-state index >= 15 is 0 Å². The van der Waals surface area contributed by atoms with Crippen LogP contribution in [0.25, 0.3) is 0 Å². The molecule has 0 bridgehead atoms. The standard InChI is InChI=1S/C17H24N4O2S2/c1-3-19-17(21-12-16-5-4-10-24-16)20-11-14-6-8-15(9-7-14)13-25(22,23)18-2/h4-10,18H,3,11-13H2,1-2H3,(H2,19,20,21). The molecule has 136 valence electrons. The molecule has 0 radical (unpaired) electrons. The Morgan fingerprint density at radius 3 is 2.44 bits per heavy atom. The Bertz CT molecular complexity index is 769. The van der Waals surface area contributed by atoms with Crippen LogP contribution in [0, 0.1) is 0 Å². The fourth-order valence-corrected chi connectivity index (χ4v) is 3.55. The number of nitrogens with zero attached hydrogens (tertiary/aromatic N) is 1. The molecule has 1 heterocycles. The maximum atomic E-state index is 11.6. The van der Waals surface area contributed by atoms with Gasteiger partial charge in [-0.15, -0.1) is 11.3 Å². The van der Waals surface area contributed by atoms with Crippen molar-refractivity contribution in [3.63, 3.8) is 0 Å². The van der Waals surface area contributed by atoms with Crippen LogP contribution in [-0.4, -0.2) is 28.0 Å². The Balaban J connectivity index is 1.94. The number of hydrogen-bond donors (Lipinski definition) is 3. The summed E-state index contributed by atoms with van der Waals surface area (Å²) in [5.74, 6) is 0.746. The van der Waals surface area contributed by atoms with E-state index in [1.165, 1.54) is 11.9 Å². The summed E-state index contributed by atoms with van der Waals surface area (Å²) in [4.78, 5) is 5.82. The summed E-state index contributed by atoms with van der Waals surface area (Å²) >= 11 is 1.71. The van der Waals surface area contributed by atoms with E-state index < -0.39 is 10.0 Å². The highest BCUT2D eigenvalue weighted by atomic mass is 32.2. The first-order valence-corrected chi connectivity index (χ1v) is 10.6. The molecule has 2 aromatic rings. The van der Waals surface area contributed by atoms with E-state index in [-0.39, 0.29) is 5.75 Å². The van der Waals surface area contributed by atoms with Gasteiger partial charge in [-0.2, -0.15) is 0 Å². The molecule has 0 spiro atoms. The van der Waals surface area contributed by atoms with Crippen LogP contribution in [0.15, 0.2) is 46.8 Å². The molecule has 25 heavy (non-hydrogen) atoms. The number of aliphatic imine (C=N–C) groups is 1. The van der Waals surface area contributed by atoms with Gasteiger partial charge in [0, 0.05) is 11.4 Å². The molecule has 0 amide bonds. The summed E-state index contributed by atoms with van der Waals surface area (Å²) in [5.41, 5.74) is 1.78. The number of guanidine groups is 1. The maximum Gasteiger partial charge on any atom is 0.215 e. The van der Waals surface area contributed by atoms with Crippen LogP contribution in [0.3, 0.4) is 0 Å². The third-order valence-corrected chi connectivity index (χ3v) is 5.68. The lowest BCUT2D eigenvalue weighted by Gasteiger charge is -2.10. The summed E-state index contributed by atoms with van der Waals surface area (Å²) in [5, 5.41) is 8.58. The van der Waals surface area contributed by atoms with Crippen molar-refractivity contribution < 1.29 is 8.42 Å². The minimum absolute atomic E-state index is 0.0158. The number of hydrogen-bond acceptors (Lipinski definition) is 4. The number of benzene rings is 1. The average Bonchev–Trinajstić information content (AvgIpc) is 3.12. The van der Waals surface area contributed by atoms with Crippen molar-refractivity contribution in [2.75, 3.05) is 13.6 Å². The summed E-state index contributed by atoms with van der Waals surface area (Å²) in [6, 6.07) is 11.6. The van der Waals surface area contributed by atoms with Crippen LogP contribution in [-0.2, 0) is 28.9 Å². The van der Waals surface area contributed by atoms with Crippen LogP contribution in [0.4, 0.5) is 0 Å². The highest BCUT2D eigenvalue weighted by Gasteiger charge is 2.08. The third-order valence-electron chi connectivity index (χ3n) is 3.46. The monoisotopic (exact) mass is 380 g/mol. The largest absolute Gasteiger partial charge is 0.357 e. The van der Waals surface area contributed by atoms with Crippen molar-refractivity contribution in [3.05, 3.63) is 57.8 Å². The second kappa shape index (κ2) is 9.55. The summed E-state index contributed by atoms with van der Waals surface area (Å²) in [6.45, 7) is 4.08. The number of sulfonamides is 1. The smallest absolute Gasteiger partial charge is 0.215 e. The molecule has 2 rings (SSSR count). The molecular formula is C17H24N4O2S2. The van der Waals surface area contributed by atoms with Crippen molar-refractivity contribution >= 4 is 27.3 Å². The maximum absolute atomic E-state index is 11.6. The van der Waals surface area contributed by atoms with Gasteiger partial charge in [0.25, 0.3) is 0 Å². The lowest BCUT2D eigenvalue weighted by atomic mass is 10.1. The SMILES string of the molecule is CCNC(=NCc1ccc(CS(=O)(=O)NC)cc1)NCc1cccs1. The van der Waals surface area contributed by atoms with Gasteiger partial charge in [0.1, 0.15) is 0 Å². The average molecular weight is 381 g/mol. The van der Waals surface area contributed by atoms with Crippen LogP contribution in [0.2, 0.25) is 0 Å². The van der Waals surface area contributed by atoms with E-state index in [0.29, 0.717) is 6.54 Å². The Hall–Kier alpha value is -1.90. The molecule has 1 aromatic heterocycles. The van der Waals surface area contributed by atoms with E-state index in [4.69, 9.17) is 0 Å². The van der Waals surface area contributed by atoms with E-state index in [1.54, 1.807) is 11.3 Å². The molecule has 0 aliphatic rings. The number of nitrogens with one attached hydrogen (secondary N) is 3. The van der Waals surface area contributed by atoms with Crippen molar-refractivity contribution in [2.24, 2.45) is 4.99 Å². The first-order chi connectivity index (χ1) is 12.0. The molecule has 0 unspecified atom stereocenters. The highest BCUT2D eigenvalue weighted by Crippen LogP contribution is 2.09. The van der Waals surface area contributed by atoms with Gasteiger partial charge >= 0.3 is 0 Å². The summed E-state index contributed by atoms with van der Waals surface area (Å²) in [6.07, 6.45) is 0. The Morgan fingerprint density at radius 2 is 1.84 bits per heavy atom. The van der Waals surface area contributed by atoms with E-state index in [0.717, 1.165) is 30.2 Å². The Labute approximate surface area is 153 Å². The van der Waals surface area contributed by atoms with Gasteiger partial charge in [-0.25, -0.2) is 18.1 Å². The third kappa shape index (κ3) is 6.85. The Morgan fingerprint density at radius 1 is 1.12 bits per heavy atom. The molecule has 0 aliphatic heterocycles. The van der Waals surface area contributed by atoms with Crippen molar-refractivity contribution in [3.8, 4) is 0 Å². The molecule has 1 aromatic carbocycles. The van der Waals surface area contributed by atoms with E-state index in [9.17, 15) is 8.42 Å². The summed E-state index contributed by atoms with van der Waals surface area (Å²) in [7, 11) is -1.82. The predicted molar refractivity (Wildman–Crippen MR) is 104 cm³/mol. The van der Waals surface area contributed by atoms with Gasteiger partial charge in [0.05, 0.1) is 18.8 Å². The minimum Gasteiger partial charge on any atom is -0.357 e. The second-order valence-electron chi connectivity index (χ2n) is 5.41. The topological polar surface area (TPSA) is 82.6 Å². The Kier molecular flexibility index (Phi) is 7.42. The molecule has 6 nitrogen and oxygen atoms in total. The van der Waals surface area contributed by atoms with Gasteiger partial charge in [0.15, 0.2) is 5.96 Å². The molecule has 0 fully saturated rings. The van der Waals surface area contributed by atoms with Crippen LogP contribution in [0.5, 0.6) is 0 Å². The number of thiophene rings is 1. The van der Waals surface area contributed by atoms with Crippen molar-refractivity contribution in [2.45, 2.75) is 25.8 Å².